The van der Waals surface area contributed by atoms with Gasteiger partial charge in [0.2, 0.25) is 0 Å². The zero-order valence-electron chi connectivity index (χ0n) is 11.9. The lowest BCUT2D eigenvalue weighted by Crippen LogP contribution is -2.30. The molecule has 2 atom stereocenters. The maximum absolute atomic E-state index is 6.30. The van der Waals surface area contributed by atoms with Crippen LogP contribution in [0.5, 0.6) is 0 Å². The van der Waals surface area contributed by atoms with Gasteiger partial charge in [-0.15, -0.1) is 0 Å². The van der Waals surface area contributed by atoms with Gasteiger partial charge in [-0.2, -0.15) is 0 Å². The molecule has 0 aromatic heterocycles. The van der Waals surface area contributed by atoms with E-state index in [-0.39, 0.29) is 12.1 Å². The Hall–Kier alpha value is -0.860. The van der Waals surface area contributed by atoms with Gasteiger partial charge in [0, 0.05) is 12.6 Å². The Labute approximate surface area is 112 Å². The summed E-state index contributed by atoms with van der Waals surface area (Å²) < 4.78 is 5.82. The average molecular weight is 249 g/mol. The van der Waals surface area contributed by atoms with Crippen molar-refractivity contribution < 1.29 is 4.74 Å². The Kier molecular flexibility index (Phi) is 6.99. The Morgan fingerprint density at radius 1 is 1.11 bits per heavy atom. The van der Waals surface area contributed by atoms with Crippen molar-refractivity contribution in [2.75, 3.05) is 6.61 Å². The van der Waals surface area contributed by atoms with Crippen molar-refractivity contribution in [2.24, 2.45) is 11.7 Å². The van der Waals surface area contributed by atoms with E-state index in [9.17, 15) is 0 Å². The lowest BCUT2D eigenvalue weighted by Gasteiger charge is -2.24. The summed E-state index contributed by atoms with van der Waals surface area (Å²) in [5.74, 6) is 0.750. The third-order valence-electron chi connectivity index (χ3n) is 3.18. The van der Waals surface area contributed by atoms with Gasteiger partial charge >= 0.3 is 0 Å². The van der Waals surface area contributed by atoms with Crippen molar-refractivity contribution >= 4 is 0 Å². The molecule has 0 saturated heterocycles. The van der Waals surface area contributed by atoms with E-state index in [1.165, 1.54) is 18.4 Å². The zero-order chi connectivity index (χ0) is 13.4. The molecule has 2 nitrogen and oxygen atoms in total. The largest absolute Gasteiger partial charge is 0.372 e. The maximum atomic E-state index is 6.30. The molecule has 0 radical (unpaired) electrons. The van der Waals surface area contributed by atoms with Crippen LogP contribution in [0.1, 0.15) is 51.7 Å². The Morgan fingerprint density at radius 2 is 1.78 bits per heavy atom. The molecular weight excluding hydrogens is 222 g/mol. The Balaban J connectivity index is 2.56. The first-order valence-electron chi connectivity index (χ1n) is 7.07. The molecule has 0 fully saturated rings. The van der Waals surface area contributed by atoms with Crippen LogP contribution in [0.2, 0.25) is 0 Å². The van der Waals surface area contributed by atoms with E-state index in [0.717, 1.165) is 12.3 Å². The quantitative estimate of drug-likeness (QED) is 0.758. The highest BCUT2D eigenvalue weighted by molar-refractivity contribution is 5.19. The minimum atomic E-state index is 0.0309. The van der Waals surface area contributed by atoms with E-state index in [4.69, 9.17) is 10.5 Å². The number of ether oxygens (including phenoxy) is 1. The Morgan fingerprint density at radius 3 is 2.33 bits per heavy atom. The summed E-state index contributed by atoms with van der Waals surface area (Å²) in [5, 5.41) is 0. The summed E-state index contributed by atoms with van der Waals surface area (Å²) in [6.45, 7) is 7.24. The number of hydrogen-bond acceptors (Lipinski definition) is 2. The van der Waals surface area contributed by atoms with Crippen LogP contribution in [-0.4, -0.2) is 12.6 Å². The van der Waals surface area contributed by atoms with Crippen LogP contribution in [0.15, 0.2) is 30.3 Å². The molecule has 0 bridgehead atoms. The molecule has 1 rings (SSSR count). The number of nitrogens with two attached hydrogens (primary N) is 1. The van der Waals surface area contributed by atoms with Crippen molar-refractivity contribution in [3.63, 3.8) is 0 Å². The first kappa shape index (κ1) is 15.2. The molecule has 0 spiro atoms. The molecule has 1 aromatic carbocycles. The Bertz CT molecular complexity index is 310. The lowest BCUT2D eigenvalue weighted by atomic mass is 9.96. The molecule has 2 unspecified atom stereocenters. The molecule has 0 amide bonds. The highest BCUT2D eigenvalue weighted by Crippen LogP contribution is 2.23. The van der Waals surface area contributed by atoms with Crippen LogP contribution in [0, 0.1) is 5.92 Å². The summed E-state index contributed by atoms with van der Waals surface area (Å²) >= 11 is 0. The van der Waals surface area contributed by atoms with Crippen molar-refractivity contribution in [3.8, 4) is 0 Å². The summed E-state index contributed by atoms with van der Waals surface area (Å²) in [7, 11) is 0. The SMILES string of the molecule is CCOC(c1ccccc1)C(N)CCCC(C)C. The van der Waals surface area contributed by atoms with Gasteiger partial charge in [-0.1, -0.05) is 57.0 Å². The van der Waals surface area contributed by atoms with Gasteiger partial charge in [-0.05, 0) is 24.8 Å². The van der Waals surface area contributed by atoms with Gasteiger partial charge in [0.25, 0.3) is 0 Å². The van der Waals surface area contributed by atoms with E-state index < -0.39 is 0 Å². The van der Waals surface area contributed by atoms with E-state index in [2.05, 4.69) is 26.0 Å². The minimum Gasteiger partial charge on any atom is -0.372 e. The van der Waals surface area contributed by atoms with Crippen molar-refractivity contribution in [1.29, 1.82) is 0 Å². The summed E-state index contributed by atoms with van der Waals surface area (Å²) in [5.41, 5.74) is 7.49. The standard InChI is InChI=1S/C16H27NO/c1-4-18-16(14-10-6-5-7-11-14)15(17)12-8-9-13(2)3/h5-7,10-11,13,15-16H,4,8-9,12,17H2,1-3H3. The van der Waals surface area contributed by atoms with Crippen LogP contribution >= 0.6 is 0 Å². The minimum absolute atomic E-state index is 0.0309. The normalized spacial score (nSPS) is 14.7. The van der Waals surface area contributed by atoms with Crippen LogP contribution in [-0.2, 0) is 4.74 Å². The van der Waals surface area contributed by atoms with E-state index in [0.29, 0.717) is 6.61 Å². The van der Waals surface area contributed by atoms with Gasteiger partial charge in [-0.25, -0.2) is 0 Å². The maximum Gasteiger partial charge on any atom is 0.0975 e. The summed E-state index contributed by atoms with van der Waals surface area (Å²) in [6, 6.07) is 10.4. The third-order valence-corrected chi connectivity index (χ3v) is 3.18. The first-order valence-corrected chi connectivity index (χ1v) is 7.07. The van der Waals surface area contributed by atoms with Crippen molar-refractivity contribution in [1.82, 2.24) is 0 Å². The average Bonchev–Trinajstić information content (AvgIpc) is 2.36. The summed E-state index contributed by atoms with van der Waals surface area (Å²) in [4.78, 5) is 0. The highest BCUT2D eigenvalue weighted by atomic mass is 16.5. The fraction of sp³-hybridized carbons (Fsp3) is 0.625. The molecule has 0 aliphatic carbocycles. The number of benzene rings is 1. The molecule has 0 aliphatic heterocycles. The molecule has 2 N–H and O–H groups in total. The molecule has 0 saturated carbocycles. The second-order valence-corrected chi connectivity index (χ2v) is 5.28. The molecule has 1 aromatic rings. The predicted octanol–water partition coefficient (Wildman–Crippen LogP) is 3.92. The molecule has 18 heavy (non-hydrogen) atoms. The van der Waals surface area contributed by atoms with Crippen LogP contribution < -0.4 is 5.73 Å². The molecule has 102 valence electrons. The van der Waals surface area contributed by atoms with Gasteiger partial charge < -0.3 is 10.5 Å². The molecule has 0 heterocycles. The van der Waals surface area contributed by atoms with Crippen LogP contribution in [0.3, 0.4) is 0 Å². The van der Waals surface area contributed by atoms with Gasteiger partial charge in [0.05, 0.1) is 6.10 Å². The highest BCUT2D eigenvalue weighted by Gasteiger charge is 2.19. The van der Waals surface area contributed by atoms with Gasteiger partial charge in [0.15, 0.2) is 0 Å². The smallest absolute Gasteiger partial charge is 0.0975 e. The third kappa shape index (κ3) is 5.19. The van der Waals surface area contributed by atoms with E-state index in [1.807, 2.05) is 25.1 Å². The topological polar surface area (TPSA) is 35.2 Å². The van der Waals surface area contributed by atoms with Crippen LogP contribution in [0.4, 0.5) is 0 Å². The van der Waals surface area contributed by atoms with E-state index >= 15 is 0 Å². The van der Waals surface area contributed by atoms with Gasteiger partial charge in [-0.3, -0.25) is 0 Å². The number of rotatable bonds is 8. The lowest BCUT2D eigenvalue weighted by molar-refractivity contribution is 0.0404. The summed E-state index contributed by atoms with van der Waals surface area (Å²) in [6.07, 6.45) is 3.47. The molecule has 2 heteroatoms. The van der Waals surface area contributed by atoms with Crippen molar-refractivity contribution in [2.45, 2.75) is 52.2 Å². The second-order valence-electron chi connectivity index (χ2n) is 5.28. The fourth-order valence-corrected chi connectivity index (χ4v) is 2.20. The van der Waals surface area contributed by atoms with Crippen LogP contribution in [0.25, 0.3) is 0 Å². The number of hydrogen-bond donors (Lipinski definition) is 1. The fourth-order valence-electron chi connectivity index (χ4n) is 2.20. The second kappa shape index (κ2) is 8.28. The predicted molar refractivity (Wildman–Crippen MR) is 77.5 cm³/mol. The molecule has 0 aliphatic rings. The van der Waals surface area contributed by atoms with Gasteiger partial charge in [0.1, 0.15) is 0 Å². The van der Waals surface area contributed by atoms with E-state index in [1.54, 1.807) is 0 Å². The zero-order valence-corrected chi connectivity index (χ0v) is 11.9. The molecular formula is C16H27NO. The first-order chi connectivity index (χ1) is 8.65. The monoisotopic (exact) mass is 249 g/mol. The van der Waals surface area contributed by atoms with Crippen molar-refractivity contribution in [3.05, 3.63) is 35.9 Å².